The van der Waals surface area contributed by atoms with E-state index in [1.807, 2.05) is 0 Å². The smallest absolute Gasteiger partial charge is 0.236 e. The SMILES string of the molecule is C[C@H](N)C(=O)NC1CN(CC2CN(C)C2)C1. The molecule has 2 heterocycles. The molecule has 2 fully saturated rings. The summed E-state index contributed by atoms with van der Waals surface area (Å²) in [6, 6.07) is -0.0781. The quantitative estimate of drug-likeness (QED) is 0.625. The molecule has 0 aromatic carbocycles. The van der Waals surface area contributed by atoms with Gasteiger partial charge in [-0.2, -0.15) is 0 Å². The third kappa shape index (κ3) is 2.72. The minimum absolute atomic E-state index is 0.0342. The van der Waals surface area contributed by atoms with Crippen LogP contribution >= 0.6 is 0 Å². The lowest BCUT2D eigenvalue weighted by atomic mass is 9.97. The number of nitrogens with zero attached hydrogens (tertiary/aromatic N) is 2. The molecule has 2 rings (SSSR count). The van der Waals surface area contributed by atoms with Crippen molar-refractivity contribution in [3.05, 3.63) is 0 Å². The summed E-state index contributed by atoms with van der Waals surface area (Å²) < 4.78 is 0. The molecule has 5 nitrogen and oxygen atoms in total. The van der Waals surface area contributed by atoms with Crippen LogP contribution in [0.15, 0.2) is 0 Å². The van der Waals surface area contributed by atoms with E-state index < -0.39 is 6.04 Å². The highest BCUT2D eigenvalue weighted by molar-refractivity contribution is 5.81. The zero-order valence-electron chi connectivity index (χ0n) is 10.1. The monoisotopic (exact) mass is 226 g/mol. The topological polar surface area (TPSA) is 61.6 Å². The predicted octanol–water partition coefficient (Wildman–Crippen LogP) is -1.30. The molecule has 0 bridgehead atoms. The van der Waals surface area contributed by atoms with Crippen LogP contribution in [-0.2, 0) is 4.79 Å². The highest BCUT2D eigenvalue weighted by Crippen LogP contribution is 2.17. The van der Waals surface area contributed by atoms with Crippen LogP contribution in [0.25, 0.3) is 0 Å². The summed E-state index contributed by atoms with van der Waals surface area (Å²) in [6.45, 7) is 7.29. The zero-order valence-corrected chi connectivity index (χ0v) is 10.1. The number of amides is 1. The van der Waals surface area contributed by atoms with Gasteiger partial charge in [0.05, 0.1) is 12.1 Å². The van der Waals surface area contributed by atoms with E-state index in [1.54, 1.807) is 6.92 Å². The molecule has 92 valence electrons. The Labute approximate surface area is 96.9 Å². The highest BCUT2D eigenvalue weighted by atomic mass is 16.2. The lowest BCUT2D eigenvalue weighted by Gasteiger charge is -2.45. The second kappa shape index (κ2) is 4.69. The van der Waals surface area contributed by atoms with Crippen molar-refractivity contribution in [2.75, 3.05) is 39.8 Å². The average molecular weight is 226 g/mol. The van der Waals surface area contributed by atoms with Crippen LogP contribution < -0.4 is 11.1 Å². The van der Waals surface area contributed by atoms with Crippen LogP contribution in [-0.4, -0.2) is 67.6 Å². The Balaban J connectivity index is 1.57. The van der Waals surface area contributed by atoms with Crippen LogP contribution in [0.2, 0.25) is 0 Å². The summed E-state index contributed by atoms with van der Waals surface area (Å²) in [4.78, 5) is 16.1. The number of likely N-dealkylation sites (tertiary alicyclic amines) is 2. The molecule has 1 amide bonds. The van der Waals surface area contributed by atoms with Gasteiger partial charge in [0.2, 0.25) is 5.91 Å². The molecule has 0 aromatic heterocycles. The van der Waals surface area contributed by atoms with Crippen LogP contribution in [0.4, 0.5) is 0 Å². The normalized spacial score (nSPS) is 25.9. The van der Waals surface area contributed by atoms with Gasteiger partial charge in [-0.05, 0) is 19.9 Å². The van der Waals surface area contributed by atoms with E-state index >= 15 is 0 Å². The third-order valence-electron chi connectivity index (χ3n) is 3.37. The molecule has 16 heavy (non-hydrogen) atoms. The van der Waals surface area contributed by atoms with Crippen molar-refractivity contribution in [2.45, 2.75) is 19.0 Å². The number of nitrogens with one attached hydrogen (secondary N) is 1. The van der Waals surface area contributed by atoms with E-state index in [-0.39, 0.29) is 5.91 Å². The van der Waals surface area contributed by atoms with Crippen molar-refractivity contribution >= 4 is 5.91 Å². The van der Waals surface area contributed by atoms with Crippen LogP contribution in [0.1, 0.15) is 6.92 Å². The molecule has 0 saturated carbocycles. The Morgan fingerprint density at radius 2 is 2.06 bits per heavy atom. The first-order valence-corrected chi connectivity index (χ1v) is 6.01. The van der Waals surface area contributed by atoms with E-state index in [9.17, 15) is 4.79 Å². The molecular formula is C11H22N4O. The number of hydrogen-bond acceptors (Lipinski definition) is 4. The van der Waals surface area contributed by atoms with Crippen molar-refractivity contribution < 1.29 is 4.79 Å². The molecule has 5 heteroatoms. The molecule has 1 atom stereocenters. The third-order valence-corrected chi connectivity index (χ3v) is 3.37. The molecule has 3 N–H and O–H groups in total. The molecule has 2 saturated heterocycles. The fourth-order valence-electron chi connectivity index (χ4n) is 2.45. The van der Waals surface area contributed by atoms with Gasteiger partial charge in [0.1, 0.15) is 0 Å². The first-order valence-electron chi connectivity index (χ1n) is 6.01. The molecule has 2 aliphatic rings. The van der Waals surface area contributed by atoms with Crippen LogP contribution in [0, 0.1) is 5.92 Å². The Morgan fingerprint density at radius 3 is 2.56 bits per heavy atom. The average Bonchev–Trinajstić information content (AvgIpc) is 2.10. The summed E-state index contributed by atoms with van der Waals surface area (Å²) in [5.41, 5.74) is 5.49. The summed E-state index contributed by atoms with van der Waals surface area (Å²) in [5.74, 6) is 0.795. The first-order chi connectivity index (χ1) is 7.54. The van der Waals surface area contributed by atoms with Gasteiger partial charge in [0.15, 0.2) is 0 Å². The van der Waals surface area contributed by atoms with Crippen molar-refractivity contribution in [3.63, 3.8) is 0 Å². The maximum atomic E-state index is 11.3. The maximum Gasteiger partial charge on any atom is 0.236 e. The lowest BCUT2D eigenvalue weighted by molar-refractivity contribution is -0.124. The highest BCUT2D eigenvalue weighted by Gasteiger charge is 2.32. The van der Waals surface area contributed by atoms with Gasteiger partial charge in [-0.3, -0.25) is 9.69 Å². The van der Waals surface area contributed by atoms with Crippen LogP contribution in [0.5, 0.6) is 0 Å². The molecular weight excluding hydrogens is 204 g/mol. The summed E-state index contributed by atoms with van der Waals surface area (Å²) in [5, 5.41) is 2.95. The van der Waals surface area contributed by atoms with Crippen molar-refractivity contribution in [2.24, 2.45) is 11.7 Å². The Kier molecular flexibility index (Phi) is 3.47. The van der Waals surface area contributed by atoms with Crippen molar-refractivity contribution in [1.29, 1.82) is 0 Å². The largest absolute Gasteiger partial charge is 0.349 e. The summed E-state index contributed by atoms with van der Waals surface area (Å²) in [7, 11) is 2.15. The Bertz CT molecular complexity index is 257. The van der Waals surface area contributed by atoms with Gasteiger partial charge >= 0.3 is 0 Å². The number of carbonyl (C=O) groups is 1. The second-order valence-electron chi connectivity index (χ2n) is 5.30. The van der Waals surface area contributed by atoms with Gasteiger partial charge in [-0.25, -0.2) is 0 Å². The van der Waals surface area contributed by atoms with E-state index in [2.05, 4.69) is 22.2 Å². The van der Waals surface area contributed by atoms with Crippen LogP contribution in [0.3, 0.4) is 0 Å². The first kappa shape index (κ1) is 11.8. The molecule has 0 spiro atoms. The van der Waals surface area contributed by atoms with Gasteiger partial charge in [-0.15, -0.1) is 0 Å². The Hall–Kier alpha value is -0.650. The molecule has 0 aromatic rings. The van der Waals surface area contributed by atoms with Crippen molar-refractivity contribution in [3.8, 4) is 0 Å². The van der Waals surface area contributed by atoms with Gasteiger partial charge in [-0.1, -0.05) is 0 Å². The fraction of sp³-hybridized carbons (Fsp3) is 0.909. The van der Waals surface area contributed by atoms with Gasteiger partial charge in [0, 0.05) is 32.7 Å². The number of hydrogen-bond donors (Lipinski definition) is 2. The Morgan fingerprint density at radius 1 is 1.44 bits per heavy atom. The lowest BCUT2D eigenvalue weighted by Crippen LogP contribution is -2.63. The standard InChI is InChI=1S/C11H22N4O/c1-8(12)11(16)13-10-6-15(7-10)5-9-3-14(2)4-9/h8-10H,3-7,12H2,1-2H3,(H,13,16)/t8-/m0/s1. The number of carbonyl (C=O) groups excluding carboxylic acids is 1. The van der Waals surface area contributed by atoms with Gasteiger partial charge in [0.25, 0.3) is 0 Å². The number of rotatable bonds is 4. The van der Waals surface area contributed by atoms with Gasteiger partial charge < -0.3 is 16.0 Å². The summed E-state index contributed by atoms with van der Waals surface area (Å²) >= 11 is 0. The second-order valence-corrected chi connectivity index (χ2v) is 5.30. The van der Waals surface area contributed by atoms with E-state index in [4.69, 9.17) is 5.73 Å². The molecule has 0 unspecified atom stereocenters. The number of nitrogens with two attached hydrogens (primary N) is 1. The van der Waals surface area contributed by atoms with Crippen molar-refractivity contribution in [1.82, 2.24) is 15.1 Å². The predicted molar refractivity (Wildman–Crippen MR) is 63.0 cm³/mol. The molecule has 0 radical (unpaired) electrons. The van der Waals surface area contributed by atoms with E-state index in [0.717, 1.165) is 19.0 Å². The molecule has 2 aliphatic heterocycles. The minimum Gasteiger partial charge on any atom is -0.349 e. The zero-order chi connectivity index (χ0) is 11.7. The summed E-state index contributed by atoms with van der Waals surface area (Å²) in [6.07, 6.45) is 0. The van der Waals surface area contributed by atoms with E-state index in [0.29, 0.717) is 6.04 Å². The fourth-order valence-corrected chi connectivity index (χ4v) is 2.45. The maximum absolute atomic E-state index is 11.3. The van der Waals surface area contributed by atoms with E-state index in [1.165, 1.54) is 19.6 Å². The molecule has 0 aliphatic carbocycles. The minimum atomic E-state index is -0.394.